The maximum absolute atomic E-state index is 12.6. The molecule has 6 nitrogen and oxygen atoms in total. The Hall–Kier alpha value is -2.34. The highest BCUT2D eigenvalue weighted by Crippen LogP contribution is 2.21. The number of rotatable bonds is 4. The van der Waals surface area contributed by atoms with E-state index in [1.807, 2.05) is 38.1 Å². The van der Waals surface area contributed by atoms with Crippen molar-refractivity contribution in [2.24, 2.45) is 0 Å². The molecule has 0 radical (unpaired) electrons. The molecule has 0 spiro atoms. The summed E-state index contributed by atoms with van der Waals surface area (Å²) in [4.78, 5) is 14.8. The molecule has 3 rings (SSSR count). The van der Waals surface area contributed by atoms with Gasteiger partial charge in [-0.15, -0.1) is 0 Å². The molecular weight excluding hydrogens is 292 g/mol. The molecule has 2 heterocycles. The fraction of sp³-hybridized carbons (Fsp3) is 0.412. The molecule has 2 aromatic rings. The maximum atomic E-state index is 12.6. The van der Waals surface area contributed by atoms with Crippen LogP contribution >= 0.6 is 0 Å². The first-order valence-corrected chi connectivity index (χ1v) is 7.87. The summed E-state index contributed by atoms with van der Waals surface area (Å²) in [5.74, 6) is -0.0629. The van der Waals surface area contributed by atoms with Crippen LogP contribution in [0.25, 0.3) is 0 Å². The van der Waals surface area contributed by atoms with Crippen molar-refractivity contribution < 1.29 is 9.53 Å². The minimum atomic E-state index is -0.0629. The summed E-state index contributed by atoms with van der Waals surface area (Å²) in [6, 6.07) is 7.73. The van der Waals surface area contributed by atoms with Gasteiger partial charge < -0.3 is 15.0 Å². The van der Waals surface area contributed by atoms with Crippen molar-refractivity contribution in [1.29, 1.82) is 0 Å². The van der Waals surface area contributed by atoms with E-state index in [1.165, 1.54) is 0 Å². The van der Waals surface area contributed by atoms with Gasteiger partial charge in [0.1, 0.15) is 0 Å². The predicted molar refractivity (Wildman–Crippen MR) is 88.7 cm³/mol. The lowest BCUT2D eigenvalue weighted by molar-refractivity contribution is 0.0949. The van der Waals surface area contributed by atoms with E-state index >= 15 is 0 Å². The summed E-state index contributed by atoms with van der Waals surface area (Å²) < 4.78 is 5.39. The molecule has 0 aliphatic carbocycles. The molecule has 1 aliphatic heterocycles. The highest BCUT2D eigenvalue weighted by Gasteiger charge is 2.18. The molecule has 122 valence electrons. The monoisotopic (exact) mass is 314 g/mol. The average molecular weight is 314 g/mol. The molecule has 1 saturated heterocycles. The number of nitrogens with one attached hydrogen (secondary N) is 2. The number of aromatic amines is 1. The fourth-order valence-corrected chi connectivity index (χ4v) is 2.84. The smallest absolute Gasteiger partial charge is 0.253 e. The van der Waals surface area contributed by atoms with E-state index in [0.717, 1.165) is 35.7 Å². The maximum Gasteiger partial charge on any atom is 0.253 e. The SMILES string of the molecule is Cc1n[nH]c(C)c1CNC(=O)c1ccccc1N1CCOCC1. The van der Waals surface area contributed by atoms with E-state index in [-0.39, 0.29) is 5.91 Å². The number of para-hydroxylation sites is 1. The zero-order chi connectivity index (χ0) is 16.2. The first-order valence-electron chi connectivity index (χ1n) is 7.87. The number of benzene rings is 1. The third-order valence-electron chi connectivity index (χ3n) is 4.21. The van der Waals surface area contributed by atoms with Gasteiger partial charge in [0.25, 0.3) is 5.91 Å². The van der Waals surface area contributed by atoms with Gasteiger partial charge >= 0.3 is 0 Å². The normalized spacial score (nSPS) is 14.8. The van der Waals surface area contributed by atoms with Gasteiger partial charge in [0.05, 0.1) is 24.5 Å². The Morgan fingerprint density at radius 3 is 2.74 bits per heavy atom. The van der Waals surface area contributed by atoms with Crippen LogP contribution in [0.5, 0.6) is 0 Å². The van der Waals surface area contributed by atoms with Gasteiger partial charge in [-0.05, 0) is 26.0 Å². The van der Waals surface area contributed by atoms with Gasteiger partial charge in [-0.3, -0.25) is 9.89 Å². The Morgan fingerprint density at radius 1 is 1.30 bits per heavy atom. The largest absolute Gasteiger partial charge is 0.378 e. The second kappa shape index (κ2) is 6.83. The fourth-order valence-electron chi connectivity index (χ4n) is 2.84. The van der Waals surface area contributed by atoms with Crippen LogP contribution in [0.3, 0.4) is 0 Å². The molecule has 1 amide bonds. The molecule has 1 aromatic heterocycles. The first-order chi connectivity index (χ1) is 11.2. The molecule has 0 bridgehead atoms. The zero-order valence-electron chi connectivity index (χ0n) is 13.6. The number of H-pyrrole nitrogens is 1. The van der Waals surface area contributed by atoms with Crippen LogP contribution in [0.4, 0.5) is 5.69 Å². The number of aromatic nitrogens is 2. The summed E-state index contributed by atoms with van der Waals surface area (Å²) in [6.45, 7) is 7.39. The number of nitrogens with zero attached hydrogens (tertiary/aromatic N) is 2. The first kappa shape index (κ1) is 15.6. The number of aryl methyl sites for hydroxylation is 2. The number of hydrogen-bond acceptors (Lipinski definition) is 4. The Bertz CT molecular complexity index is 670. The van der Waals surface area contributed by atoms with Crippen LogP contribution in [0.1, 0.15) is 27.3 Å². The molecule has 1 fully saturated rings. The van der Waals surface area contributed by atoms with Gasteiger partial charge in [0.15, 0.2) is 0 Å². The topological polar surface area (TPSA) is 70.2 Å². The lowest BCUT2D eigenvalue weighted by Gasteiger charge is -2.30. The summed E-state index contributed by atoms with van der Waals surface area (Å²) in [7, 11) is 0. The van der Waals surface area contributed by atoms with Gasteiger partial charge in [-0.25, -0.2) is 0 Å². The average Bonchev–Trinajstić information content (AvgIpc) is 2.92. The number of hydrogen-bond donors (Lipinski definition) is 2. The summed E-state index contributed by atoms with van der Waals surface area (Å²) in [5.41, 5.74) is 4.62. The summed E-state index contributed by atoms with van der Waals surface area (Å²) in [5, 5.41) is 10.1. The highest BCUT2D eigenvalue weighted by molar-refractivity contribution is 5.99. The Balaban J connectivity index is 1.74. The number of amides is 1. The number of morpholine rings is 1. The number of ether oxygens (including phenoxy) is 1. The van der Waals surface area contributed by atoms with Gasteiger partial charge in [0, 0.05) is 36.6 Å². The lowest BCUT2D eigenvalue weighted by atomic mass is 10.1. The molecule has 0 atom stereocenters. The molecular formula is C17H22N4O2. The number of carbonyl (C=O) groups is 1. The van der Waals surface area contributed by atoms with Crippen molar-refractivity contribution >= 4 is 11.6 Å². The zero-order valence-corrected chi connectivity index (χ0v) is 13.6. The second-order valence-electron chi connectivity index (χ2n) is 5.71. The number of anilines is 1. The van der Waals surface area contributed by atoms with E-state index in [4.69, 9.17) is 4.74 Å². The van der Waals surface area contributed by atoms with E-state index in [1.54, 1.807) is 0 Å². The quantitative estimate of drug-likeness (QED) is 0.903. The Labute approximate surface area is 135 Å². The Morgan fingerprint density at radius 2 is 2.04 bits per heavy atom. The molecule has 0 saturated carbocycles. The third kappa shape index (κ3) is 3.37. The lowest BCUT2D eigenvalue weighted by Crippen LogP contribution is -2.37. The van der Waals surface area contributed by atoms with Gasteiger partial charge in [-0.1, -0.05) is 12.1 Å². The van der Waals surface area contributed by atoms with E-state index in [2.05, 4.69) is 20.4 Å². The van der Waals surface area contributed by atoms with E-state index < -0.39 is 0 Å². The van der Waals surface area contributed by atoms with Crippen molar-refractivity contribution in [3.8, 4) is 0 Å². The molecule has 6 heteroatoms. The molecule has 23 heavy (non-hydrogen) atoms. The standard InChI is InChI=1S/C17H22N4O2/c1-12-15(13(2)20-19-12)11-18-17(22)14-5-3-4-6-16(14)21-7-9-23-10-8-21/h3-6H,7-11H2,1-2H3,(H,18,22)(H,19,20). The summed E-state index contributed by atoms with van der Waals surface area (Å²) in [6.07, 6.45) is 0. The van der Waals surface area contributed by atoms with Gasteiger partial charge in [0.2, 0.25) is 0 Å². The predicted octanol–water partition coefficient (Wildman–Crippen LogP) is 1.79. The van der Waals surface area contributed by atoms with Crippen molar-refractivity contribution in [2.75, 3.05) is 31.2 Å². The van der Waals surface area contributed by atoms with E-state index in [0.29, 0.717) is 25.3 Å². The van der Waals surface area contributed by atoms with Crippen molar-refractivity contribution in [1.82, 2.24) is 15.5 Å². The van der Waals surface area contributed by atoms with Crippen LogP contribution < -0.4 is 10.2 Å². The van der Waals surface area contributed by atoms with Crippen LogP contribution in [0, 0.1) is 13.8 Å². The van der Waals surface area contributed by atoms with E-state index in [9.17, 15) is 4.79 Å². The third-order valence-corrected chi connectivity index (χ3v) is 4.21. The van der Waals surface area contributed by atoms with Crippen LogP contribution in [0.15, 0.2) is 24.3 Å². The van der Waals surface area contributed by atoms with Crippen LogP contribution in [0.2, 0.25) is 0 Å². The van der Waals surface area contributed by atoms with Crippen LogP contribution in [-0.2, 0) is 11.3 Å². The van der Waals surface area contributed by atoms with Crippen molar-refractivity contribution in [2.45, 2.75) is 20.4 Å². The highest BCUT2D eigenvalue weighted by atomic mass is 16.5. The molecule has 1 aromatic carbocycles. The minimum absolute atomic E-state index is 0.0629. The second-order valence-corrected chi connectivity index (χ2v) is 5.71. The Kier molecular flexibility index (Phi) is 4.62. The van der Waals surface area contributed by atoms with Crippen LogP contribution in [-0.4, -0.2) is 42.4 Å². The number of carbonyl (C=O) groups excluding carboxylic acids is 1. The molecule has 2 N–H and O–H groups in total. The summed E-state index contributed by atoms with van der Waals surface area (Å²) >= 11 is 0. The minimum Gasteiger partial charge on any atom is -0.378 e. The van der Waals surface area contributed by atoms with Crippen molar-refractivity contribution in [3.05, 3.63) is 46.8 Å². The van der Waals surface area contributed by atoms with Gasteiger partial charge in [-0.2, -0.15) is 5.10 Å². The molecule has 0 unspecified atom stereocenters. The molecule has 1 aliphatic rings. The van der Waals surface area contributed by atoms with Crippen molar-refractivity contribution in [3.63, 3.8) is 0 Å².